The highest BCUT2D eigenvalue weighted by Gasteiger charge is 2.22. The van der Waals surface area contributed by atoms with Crippen LogP contribution >= 0.6 is 0 Å². The van der Waals surface area contributed by atoms with Gasteiger partial charge in [-0.1, -0.05) is 0 Å². The van der Waals surface area contributed by atoms with Gasteiger partial charge in [-0.2, -0.15) is 0 Å². The highest BCUT2D eigenvalue weighted by molar-refractivity contribution is 5.93. The zero-order valence-corrected chi connectivity index (χ0v) is 6.55. The van der Waals surface area contributed by atoms with E-state index in [2.05, 4.69) is 15.3 Å². The Morgan fingerprint density at radius 2 is 2.58 bits per heavy atom. The molecule has 1 aromatic heterocycles. The van der Waals surface area contributed by atoms with Crippen molar-refractivity contribution in [3.05, 3.63) is 12.0 Å². The fraction of sp³-hybridized carbons (Fsp3) is 0.286. The summed E-state index contributed by atoms with van der Waals surface area (Å²) in [4.78, 5) is 17.8. The van der Waals surface area contributed by atoms with Gasteiger partial charge in [-0.15, -0.1) is 0 Å². The van der Waals surface area contributed by atoms with Crippen LogP contribution < -0.4 is 15.0 Å². The maximum absolute atomic E-state index is 10.9. The van der Waals surface area contributed by atoms with Crippen molar-refractivity contribution in [2.24, 2.45) is 0 Å². The van der Waals surface area contributed by atoms with Crippen LogP contribution in [0.2, 0.25) is 0 Å². The summed E-state index contributed by atoms with van der Waals surface area (Å²) in [6, 6.07) is 0. The number of aromatic amines is 1. The van der Waals surface area contributed by atoms with Crippen molar-refractivity contribution in [2.45, 2.75) is 6.92 Å². The maximum Gasteiger partial charge on any atom is 0.296 e. The lowest BCUT2D eigenvalue weighted by Gasteiger charge is -2.11. The van der Waals surface area contributed by atoms with Crippen molar-refractivity contribution >= 4 is 11.7 Å². The van der Waals surface area contributed by atoms with Gasteiger partial charge in [0.25, 0.3) is 17.5 Å². The van der Waals surface area contributed by atoms with E-state index in [1.54, 1.807) is 13.1 Å². The van der Waals surface area contributed by atoms with Gasteiger partial charge in [-0.25, -0.2) is 4.98 Å². The number of hydrogen-bond acceptors (Lipinski definition) is 3. The summed E-state index contributed by atoms with van der Waals surface area (Å²) in [5.74, 6) is 1.64. The number of carbonyl (C=O) groups excluding carboxylic acids is 1. The van der Waals surface area contributed by atoms with E-state index in [1.165, 1.54) is 0 Å². The molecule has 2 N–H and O–H groups in total. The predicted octanol–water partition coefficient (Wildman–Crippen LogP) is -0.465. The molecule has 0 saturated carbocycles. The van der Waals surface area contributed by atoms with E-state index in [1.807, 2.05) is 0 Å². The molecule has 2 rings (SSSR count). The average molecular weight is 166 g/mol. The van der Waals surface area contributed by atoms with Gasteiger partial charge in [0.15, 0.2) is 6.61 Å². The molecular formula is C7H8N3O2+. The molecule has 2 heterocycles. The lowest BCUT2D eigenvalue weighted by Crippen LogP contribution is -2.28. The first-order valence-corrected chi connectivity index (χ1v) is 3.58. The van der Waals surface area contributed by atoms with Gasteiger partial charge in [-0.3, -0.25) is 10.1 Å². The van der Waals surface area contributed by atoms with Gasteiger partial charge in [0.1, 0.15) is 6.20 Å². The molecule has 12 heavy (non-hydrogen) atoms. The Morgan fingerprint density at radius 1 is 1.75 bits per heavy atom. The fourth-order valence-corrected chi connectivity index (χ4v) is 1.00. The third kappa shape index (κ3) is 1.09. The highest BCUT2D eigenvalue weighted by Crippen LogP contribution is 2.21. The van der Waals surface area contributed by atoms with E-state index in [-0.39, 0.29) is 12.5 Å². The van der Waals surface area contributed by atoms with Crippen LogP contribution in [0, 0.1) is 6.92 Å². The molecule has 1 aromatic rings. The monoisotopic (exact) mass is 166 g/mol. The molecule has 1 aliphatic heterocycles. The third-order valence-electron chi connectivity index (χ3n) is 1.54. The van der Waals surface area contributed by atoms with E-state index >= 15 is 0 Å². The number of nitrogens with one attached hydrogen (secondary N) is 2. The summed E-state index contributed by atoms with van der Waals surface area (Å²) in [6.45, 7) is 1.87. The summed E-state index contributed by atoms with van der Waals surface area (Å²) in [7, 11) is 0. The molecule has 0 fully saturated rings. The standard InChI is InChI=1S/C7H7N3O2/c1-4-8-2-5-7(9-4)10-6(11)3-12-5/h2H,3H2,1H3,(H,8,9,10,11)/p+1. The van der Waals surface area contributed by atoms with Crippen molar-refractivity contribution in [3.8, 4) is 5.75 Å². The molecule has 0 aromatic carbocycles. The smallest absolute Gasteiger partial charge is 0.296 e. The second-order valence-electron chi connectivity index (χ2n) is 2.54. The quantitative estimate of drug-likeness (QED) is 0.567. The molecule has 5 nitrogen and oxygen atoms in total. The van der Waals surface area contributed by atoms with E-state index in [4.69, 9.17) is 4.74 Å². The summed E-state index contributed by atoms with van der Waals surface area (Å²) >= 11 is 0. The molecule has 0 unspecified atom stereocenters. The zero-order chi connectivity index (χ0) is 8.55. The van der Waals surface area contributed by atoms with Crippen LogP contribution in [0.1, 0.15) is 5.82 Å². The Labute approximate surface area is 68.8 Å². The fourth-order valence-electron chi connectivity index (χ4n) is 1.00. The molecule has 0 atom stereocenters. The molecule has 0 spiro atoms. The highest BCUT2D eigenvalue weighted by atomic mass is 16.5. The normalized spacial score (nSPS) is 14.6. The zero-order valence-electron chi connectivity index (χ0n) is 6.55. The largest absolute Gasteiger partial charge is 0.475 e. The van der Waals surface area contributed by atoms with Crippen molar-refractivity contribution in [1.29, 1.82) is 0 Å². The molecule has 5 heteroatoms. The van der Waals surface area contributed by atoms with Crippen molar-refractivity contribution in [2.75, 3.05) is 11.9 Å². The van der Waals surface area contributed by atoms with Crippen molar-refractivity contribution < 1.29 is 14.5 Å². The van der Waals surface area contributed by atoms with Gasteiger partial charge in [0.05, 0.1) is 0 Å². The molecule has 0 radical (unpaired) electrons. The Hall–Kier alpha value is -1.65. The number of rotatable bonds is 0. The Balaban J connectivity index is 2.44. The summed E-state index contributed by atoms with van der Waals surface area (Å²) in [6.07, 6.45) is 1.68. The van der Waals surface area contributed by atoms with Crippen LogP contribution in [0.15, 0.2) is 6.20 Å². The van der Waals surface area contributed by atoms with Gasteiger partial charge < -0.3 is 4.74 Å². The molecular weight excluding hydrogens is 158 g/mol. The van der Waals surface area contributed by atoms with Crippen molar-refractivity contribution in [1.82, 2.24) is 4.98 Å². The SMILES string of the molecule is Cc1nc2c(c[nH+]1)OCC(=O)N2. The second-order valence-corrected chi connectivity index (χ2v) is 2.54. The van der Waals surface area contributed by atoms with E-state index in [0.717, 1.165) is 5.82 Å². The first-order valence-electron chi connectivity index (χ1n) is 3.58. The van der Waals surface area contributed by atoms with Crippen LogP contribution in [0.25, 0.3) is 0 Å². The lowest BCUT2D eigenvalue weighted by molar-refractivity contribution is -0.393. The lowest BCUT2D eigenvalue weighted by atomic mass is 10.4. The van der Waals surface area contributed by atoms with E-state index in [0.29, 0.717) is 11.6 Å². The average Bonchev–Trinajstić information content (AvgIpc) is 2.03. The minimum atomic E-state index is -0.166. The minimum absolute atomic E-state index is 0.0611. The first kappa shape index (κ1) is 7.02. The number of nitrogens with zero attached hydrogens (tertiary/aromatic N) is 1. The van der Waals surface area contributed by atoms with Gasteiger partial charge in [-0.05, 0) is 4.98 Å². The summed E-state index contributed by atoms with van der Waals surface area (Å²) in [5.41, 5.74) is 0. The van der Waals surface area contributed by atoms with Crippen LogP contribution in [0.5, 0.6) is 5.75 Å². The molecule has 1 amide bonds. The summed E-state index contributed by atoms with van der Waals surface area (Å²) < 4.78 is 5.08. The van der Waals surface area contributed by atoms with Crippen LogP contribution in [0.4, 0.5) is 5.82 Å². The number of H-pyrrole nitrogens is 1. The molecule has 62 valence electrons. The van der Waals surface area contributed by atoms with Gasteiger partial charge >= 0.3 is 0 Å². The number of amides is 1. The van der Waals surface area contributed by atoms with Crippen LogP contribution in [-0.2, 0) is 4.79 Å². The second kappa shape index (κ2) is 2.44. The Morgan fingerprint density at radius 3 is 3.42 bits per heavy atom. The van der Waals surface area contributed by atoms with Crippen molar-refractivity contribution in [3.63, 3.8) is 0 Å². The first-order chi connectivity index (χ1) is 5.75. The number of ether oxygens (including phenoxy) is 1. The topological polar surface area (TPSA) is 65.4 Å². The molecule has 0 saturated heterocycles. The summed E-state index contributed by atoms with van der Waals surface area (Å²) in [5, 5.41) is 2.61. The number of aromatic nitrogens is 2. The predicted molar refractivity (Wildman–Crippen MR) is 39.7 cm³/mol. The number of carbonyl (C=O) groups is 1. The van der Waals surface area contributed by atoms with Crippen LogP contribution in [-0.4, -0.2) is 17.5 Å². The molecule has 0 aliphatic carbocycles. The van der Waals surface area contributed by atoms with E-state index < -0.39 is 0 Å². The third-order valence-corrected chi connectivity index (χ3v) is 1.54. The van der Waals surface area contributed by atoms with E-state index in [9.17, 15) is 4.79 Å². The van der Waals surface area contributed by atoms with Gasteiger partial charge in [0.2, 0.25) is 5.75 Å². The number of fused-ring (bicyclic) bond motifs is 1. The van der Waals surface area contributed by atoms with Crippen LogP contribution in [0.3, 0.4) is 0 Å². The molecule has 0 bridgehead atoms. The van der Waals surface area contributed by atoms with Gasteiger partial charge in [0, 0.05) is 6.92 Å². The Kier molecular flexibility index (Phi) is 1.43. The maximum atomic E-state index is 10.9. The number of hydrogen-bond donors (Lipinski definition) is 1. The number of aryl methyl sites for hydroxylation is 1. The minimum Gasteiger partial charge on any atom is -0.475 e. The number of anilines is 1. The molecule has 1 aliphatic rings. The Bertz CT molecular complexity index is 337.